The van der Waals surface area contributed by atoms with Crippen LogP contribution in [-0.4, -0.2) is 11.6 Å². The van der Waals surface area contributed by atoms with Crippen LogP contribution in [0.5, 0.6) is 0 Å². The molecule has 0 spiro atoms. The van der Waals surface area contributed by atoms with Crippen molar-refractivity contribution in [3.8, 4) is 0 Å². The maximum Gasteiger partial charge on any atom is 0.0132 e. The molecule has 1 rings (SSSR count). The van der Waals surface area contributed by atoms with Crippen molar-refractivity contribution in [1.82, 2.24) is 5.32 Å². The Kier molecular flexibility index (Phi) is 4.45. The molecule has 1 unspecified atom stereocenters. The van der Waals surface area contributed by atoms with E-state index in [1.807, 2.05) is 0 Å². The van der Waals surface area contributed by atoms with E-state index in [-0.39, 0.29) is 5.54 Å². The zero-order chi connectivity index (χ0) is 12.4. The molecular formula is C15H31N. The van der Waals surface area contributed by atoms with Gasteiger partial charge in [0.2, 0.25) is 0 Å². The van der Waals surface area contributed by atoms with E-state index in [0.29, 0.717) is 11.5 Å². The van der Waals surface area contributed by atoms with Crippen LogP contribution in [0.4, 0.5) is 0 Å². The first kappa shape index (κ1) is 14.0. The minimum Gasteiger partial charge on any atom is -0.309 e. The summed E-state index contributed by atoms with van der Waals surface area (Å²) in [5.41, 5.74) is 0.673. The van der Waals surface area contributed by atoms with E-state index in [1.165, 1.54) is 32.1 Å². The summed E-state index contributed by atoms with van der Waals surface area (Å²) in [7, 11) is 0. The third kappa shape index (κ3) is 4.86. The first-order valence-corrected chi connectivity index (χ1v) is 6.97. The van der Waals surface area contributed by atoms with Crippen molar-refractivity contribution < 1.29 is 0 Å². The van der Waals surface area contributed by atoms with E-state index in [4.69, 9.17) is 0 Å². The van der Waals surface area contributed by atoms with Gasteiger partial charge in [0.15, 0.2) is 0 Å². The predicted octanol–water partition coefficient (Wildman–Crippen LogP) is 4.37. The average Bonchev–Trinajstić information content (AvgIpc) is 2.48. The van der Waals surface area contributed by atoms with Gasteiger partial charge in [-0.1, -0.05) is 33.6 Å². The molecule has 0 amide bonds. The van der Waals surface area contributed by atoms with Crippen LogP contribution in [0.2, 0.25) is 0 Å². The van der Waals surface area contributed by atoms with Gasteiger partial charge >= 0.3 is 0 Å². The lowest BCUT2D eigenvalue weighted by atomic mass is 9.81. The molecule has 0 aromatic rings. The molecule has 1 atom stereocenters. The summed E-state index contributed by atoms with van der Waals surface area (Å²) in [6, 6.07) is 0.680. The van der Waals surface area contributed by atoms with Crippen LogP contribution in [0, 0.1) is 11.3 Å². The molecule has 1 fully saturated rings. The van der Waals surface area contributed by atoms with E-state index in [2.05, 4.69) is 46.9 Å². The average molecular weight is 225 g/mol. The van der Waals surface area contributed by atoms with Gasteiger partial charge in [-0.05, 0) is 51.4 Å². The van der Waals surface area contributed by atoms with Crippen molar-refractivity contribution in [1.29, 1.82) is 0 Å². The number of rotatable bonds is 4. The Bertz CT molecular complexity index is 206. The molecule has 0 saturated heterocycles. The smallest absolute Gasteiger partial charge is 0.0132 e. The van der Waals surface area contributed by atoms with E-state index in [9.17, 15) is 0 Å². The lowest BCUT2D eigenvalue weighted by Gasteiger charge is -2.37. The van der Waals surface area contributed by atoms with Crippen LogP contribution in [-0.2, 0) is 0 Å². The lowest BCUT2D eigenvalue weighted by Crippen LogP contribution is -2.49. The van der Waals surface area contributed by atoms with Gasteiger partial charge in [0, 0.05) is 11.6 Å². The molecule has 1 N–H and O–H groups in total. The second-order valence-electron chi connectivity index (χ2n) is 7.60. The largest absolute Gasteiger partial charge is 0.309 e. The third-order valence-electron chi connectivity index (χ3n) is 3.70. The van der Waals surface area contributed by atoms with Crippen LogP contribution in [0.3, 0.4) is 0 Å². The summed E-state index contributed by atoms with van der Waals surface area (Å²) in [5.74, 6) is 0.916. The zero-order valence-electron chi connectivity index (χ0n) is 12.2. The van der Waals surface area contributed by atoms with Crippen molar-refractivity contribution >= 4 is 0 Å². The summed E-state index contributed by atoms with van der Waals surface area (Å²) in [5, 5.41) is 3.85. The molecule has 1 aliphatic carbocycles. The van der Waals surface area contributed by atoms with E-state index in [1.54, 1.807) is 0 Å². The molecule has 0 bridgehead atoms. The fourth-order valence-corrected chi connectivity index (χ4v) is 3.57. The number of hydrogen-bond acceptors (Lipinski definition) is 1. The van der Waals surface area contributed by atoms with Crippen molar-refractivity contribution in [2.45, 2.75) is 85.2 Å². The molecule has 1 nitrogen and oxygen atoms in total. The summed E-state index contributed by atoms with van der Waals surface area (Å²) in [6.07, 6.45) is 6.98. The quantitative estimate of drug-likeness (QED) is 0.749. The molecule has 0 radical (unpaired) electrons. The highest BCUT2D eigenvalue weighted by molar-refractivity contribution is 4.88. The summed E-state index contributed by atoms with van der Waals surface area (Å²) < 4.78 is 0. The minimum absolute atomic E-state index is 0.264. The normalized spacial score (nSPS) is 21.4. The molecule has 0 aromatic heterocycles. The van der Waals surface area contributed by atoms with Gasteiger partial charge in [-0.2, -0.15) is 0 Å². The summed E-state index contributed by atoms with van der Waals surface area (Å²) in [4.78, 5) is 0. The Morgan fingerprint density at radius 1 is 1.06 bits per heavy atom. The summed E-state index contributed by atoms with van der Waals surface area (Å²) in [6.45, 7) is 14.1. The Balaban J connectivity index is 2.44. The zero-order valence-corrected chi connectivity index (χ0v) is 12.2. The molecular weight excluding hydrogens is 194 g/mol. The third-order valence-corrected chi connectivity index (χ3v) is 3.70. The molecule has 16 heavy (non-hydrogen) atoms. The maximum atomic E-state index is 3.85. The monoisotopic (exact) mass is 225 g/mol. The van der Waals surface area contributed by atoms with Crippen molar-refractivity contribution in [2.75, 3.05) is 0 Å². The molecule has 1 saturated carbocycles. The molecule has 1 heteroatoms. The van der Waals surface area contributed by atoms with Crippen LogP contribution in [0.15, 0.2) is 0 Å². The Morgan fingerprint density at radius 3 is 2.00 bits per heavy atom. The fourth-order valence-electron chi connectivity index (χ4n) is 3.57. The first-order chi connectivity index (χ1) is 7.20. The second-order valence-corrected chi connectivity index (χ2v) is 7.60. The van der Waals surface area contributed by atoms with E-state index in [0.717, 1.165) is 5.92 Å². The highest BCUT2D eigenvalue weighted by atomic mass is 15.0. The minimum atomic E-state index is 0.264. The summed E-state index contributed by atoms with van der Waals surface area (Å²) >= 11 is 0. The van der Waals surface area contributed by atoms with Gasteiger partial charge < -0.3 is 5.32 Å². The Labute approximate surface area is 102 Å². The molecule has 0 heterocycles. The van der Waals surface area contributed by atoms with Gasteiger partial charge in [-0.15, -0.1) is 0 Å². The van der Waals surface area contributed by atoms with E-state index < -0.39 is 0 Å². The Hall–Kier alpha value is -0.0400. The second kappa shape index (κ2) is 5.08. The van der Waals surface area contributed by atoms with Crippen molar-refractivity contribution in [2.24, 2.45) is 11.3 Å². The van der Waals surface area contributed by atoms with Gasteiger partial charge in [0.05, 0.1) is 0 Å². The highest BCUT2D eigenvalue weighted by Crippen LogP contribution is 2.31. The molecule has 96 valence electrons. The van der Waals surface area contributed by atoms with Crippen LogP contribution in [0.1, 0.15) is 73.6 Å². The molecule has 1 aliphatic rings. The SMILES string of the molecule is CC(NC(C)(C)CC(C)(C)C)C1CCCC1. The molecule has 0 aromatic carbocycles. The number of nitrogens with one attached hydrogen (secondary N) is 1. The van der Waals surface area contributed by atoms with Gasteiger partial charge in [0.25, 0.3) is 0 Å². The predicted molar refractivity (Wildman–Crippen MR) is 72.7 cm³/mol. The molecule has 0 aliphatic heterocycles. The Morgan fingerprint density at radius 2 is 1.56 bits per heavy atom. The lowest BCUT2D eigenvalue weighted by molar-refractivity contribution is 0.204. The number of hydrogen-bond donors (Lipinski definition) is 1. The highest BCUT2D eigenvalue weighted by Gasteiger charge is 2.30. The fraction of sp³-hybridized carbons (Fsp3) is 1.00. The van der Waals surface area contributed by atoms with E-state index >= 15 is 0 Å². The van der Waals surface area contributed by atoms with Crippen LogP contribution in [0.25, 0.3) is 0 Å². The van der Waals surface area contributed by atoms with Crippen LogP contribution >= 0.6 is 0 Å². The standard InChI is InChI=1S/C15H31N/c1-12(13-9-7-8-10-13)16-15(5,6)11-14(2,3)4/h12-13,16H,7-11H2,1-6H3. The van der Waals surface area contributed by atoms with Crippen LogP contribution < -0.4 is 5.32 Å². The van der Waals surface area contributed by atoms with Crippen molar-refractivity contribution in [3.05, 3.63) is 0 Å². The topological polar surface area (TPSA) is 12.0 Å². The van der Waals surface area contributed by atoms with Gasteiger partial charge in [0.1, 0.15) is 0 Å². The maximum absolute atomic E-state index is 3.85. The first-order valence-electron chi connectivity index (χ1n) is 6.97. The van der Waals surface area contributed by atoms with Gasteiger partial charge in [-0.3, -0.25) is 0 Å². The van der Waals surface area contributed by atoms with Crippen molar-refractivity contribution in [3.63, 3.8) is 0 Å². The van der Waals surface area contributed by atoms with Gasteiger partial charge in [-0.25, -0.2) is 0 Å².